The van der Waals surface area contributed by atoms with E-state index in [-0.39, 0.29) is 18.3 Å². The molecule has 0 unspecified atom stereocenters. The predicted octanol–water partition coefficient (Wildman–Crippen LogP) is 5.01. The summed E-state index contributed by atoms with van der Waals surface area (Å²) in [7, 11) is 2.14. The van der Waals surface area contributed by atoms with Gasteiger partial charge in [0.05, 0.1) is 6.54 Å². The van der Waals surface area contributed by atoms with Crippen LogP contribution in [0.2, 0.25) is 0 Å². The molecular formula is C37H39F2N7O2. The zero-order valence-electron chi connectivity index (χ0n) is 27.0. The molecule has 0 atom stereocenters. The van der Waals surface area contributed by atoms with Crippen LogP contribution in [0.1, 0.15) is 51.0 Å². The molecule has 0 aliphatic carbocycles. The van der Waals surface area contributed by atoms with E-state index in [0.717, 1.165) is 104 Å². The highest BCUT2D eigenvalue weighted by molar-refractivity contribution is 6.15. The number of amides is 1. The average molecular weight is 652 g/mol. The number of benzene rings is 3. The van der Waals surface area contributed by atoms with Crippen molar-refractivity contribution in [3.63, 3.8) is 0 Å². The average Bonchev–Trinajstić information content (AvgIpc) is 3.46. The Morgan fingerprint density at radius 3 is 2.40 bits per heavy atom. The minimum Gasteiger partial charge on any atom is -0.381 e. The van der Waals surface area contributed by atoms with Gasteiger partial charge in [0.15, 0.2) is 0 Å². The third kappa shape index (κ3) is 7.07. The number of nitrogen functional groups attached to an aromatic ring is 1. The summed E-state index contributed by atoms with van der Waals surface area (Å²) in [5, 5.41) is 3.11. The van der Waals surface area contributed by atoms with Gasteiger partial charge in [-0.15, -0.1) is 0 Å². The molecular weight excluding hydrogens is 612 g/mol. The first-order chi connectivity index (χ1) is 23.3. The molecule has 3 aromatic carbocycles. The minimum absolute atomic E-state index is 0.148. The molecule has 2 saturated heterocycles. The SMILES string of the molecule is CN1CCN(c2ccc(C(=O)NC3=NCc4cc(-c5cnc(N)nc5)c(Cc5cc(F)cc(F)c5)cc43)c(CC3CCOCC3)c2)CC1. The summed E-state index contributed by atoms with van der Waals surface area (Å²) in [5.41, 5.74) is 13.0. The van der Waals surface area contributed by atoms with E-state index in [0.29, 0.717) is 29.4 Å². The van der Waals surface area contributed by atoms with E-state index >= 15 is 0 Å². The predicted molar refractivity (Wildman–Crippen MR) is 182 cm³/mol. The standard InChI is InChI=1S/C37H39F2N7O2/c1-45-6-8-46(9-7-45)31-2-3-32(25(16-31)12-23-4-10-48-11-5-23)36(47)44-35-34-17-26(13-24-14-29(38)19-30(39)15-24)33(18-27(34)20-41-35)28-21-42-37(40)43-22-28/h2-3,14-19,21-23H,4-13,20H2,1H3,(H2,40,42,43)(H,41,44,47). The number of nitrogens with two attached hydrogens (primary N) is 1. The maximum atomic E-state index is 14.2. The van der Waals surface area contributed by atoms with Crippen LogP contribution in [-0.2, 0) is 24.1 Å². The van der Waals surface area contributed by atoms with Crippen LogP contribution in [0.4, 0.5) is 20.4 Å². The zero-order valence-corrected chi connectivity index (χ0v) is 27.0. The molecule has 0 saturated carbocycles. The van der Waals surface area contributed by atoms with E-state index in [9.17, 15) is 13.6 Å². The molecule has 48 heavy (non-hydrogen) atoms. The Labute approximate surface area is 278 Å². The Morgan fingerprint density at radius 1 is 0.938 bits per heavy atom. The molecule has 0 radical (unpaired) electrons. The van der Waals surface area contributed by atoms with Gasteiger partial charge in [-0.3, -0.25) is 9.79 Å². The molecule has 3 aliphatic rings. The van der Waals surface area contributed by atoms with Crippen molar-refractivity contribution in [2.45, 2.75) is 32.2 Å². The van der Waals surface area contributed by atoms with Gasteiger partial charge >= 0.3 is 0 Å². The van der Waals surface area contributed by atoms with Crippen LogP contribution < -0.4 is 16.0 Å². The number of aliphatic imine (C=N–C) groups is 1. The first kappa shape index (κ1) is 31.8. The van der Waals surface area contributed by atoms with Crippen LogP contribution >= 0.6 is 0 Å². The molecule has 4 heterocycles. The number of halogens is 2. The Bertz CT molecular complexity index is 1830. The van der Waals surface area contributed by atoms with Crippen LogP contribution in [0, 0.1) is 17.6 Å². The second kappa shape index (κ2) is 13.8. The third-order valence-electron chi connectivity index (χ3n) is 9.57. The first-order valence-corrected chi connectivity index (χ1v) is 16.5. The quantitative estimate of drug-likeness (QED) is 0.290. The van der Waals surface area contributed by atoms with Crippen molar-refractivity contribution in [1.82, 2.24) is 20.2 Å². The number of rotatable bonds is 7. The van der Waals surface area contributed by atoms with Gasteiger partial charge in [0.2, 0.25) is 5.95 Å². The number of carbonyl (C=O) groups is 1. The lowest BCUT2D eigenvalue weighted by atomic mass is 9.89. The van der Waals surface area contributed by atoms with Crippen LogP contribution in [0.5, 0.6) is 0 Å². The van der Waals surface area contributed by atoms with Crippen molar-refractivity contribution < 1.29 is 18.3 Å². The van der Waals surface area contributed by atoms with Gasteiger partial charge in [0.1, 0.15) is 17.5 Å². The second-order valence-electron chi connectivity index (χ2n) is 13.0. The molecule has 0 bridgehead atoms. The number of hydrogen-bond donors (Lipinski definition) is 2. The van der Waals surface area contributed by atoms with Crippen molar-refractivity contribution >= 4 is 23.4 Å². The lowest BCUT2D eigenvalue weighted by molar-refractivity contribution is 0.0664. The molecule has 1 amide bonds. The number of aromatic nitrogens is 2. The van der Waals surface area contributed by atoms with Crippen LogP contribution in [0.25, 0.3) is 11.1 Å². The summed E-state index contributed by atoms with van der Waals surface area (Å²) in [6, 6.07) is 13.6. The highest BCUT2D eigenvalue weighted by atomic mass is 19.1. The number of nitrogens with zero attached hydrogens (tertiary/aromatic N) is 5. The Morgan fingerprint density at radius 2 is 1.67 bits per heavy atom. The van der Waals surface area contributed by atoms with E-state index in [2.05, 4.69) is 44.3 Å². The second-order valence-corrected chi connectivity index (χ2v) is 13.0. The summed E-state index contributed by atoms with van der Waals surface area (Å²) in [6.45, 7) is 5.75. The number of piperazine rings is 1. The molecule has 3 aliphatic heterocycles. The van der Waals surface area contributed by atoms with Gasteiger partial charge in [-0.2, -0.15) is 0 Å². The van der Waals surface area contributed by atoms with Gasteiger partial charge in [0.25, 0.3) is 5.91 Å². The maximum Gasteiger partial charge on any atom is 0.257 e. The zero-order chi connectivity index (χ0) is 33.2. The molecule has 2 fully saturated rings. The number of carbonyl (C=O) groups excluding carboxylic acids is 1. The Hall–Kier alpha value is -4.74. The van der Waals surface area contributed by atoms with Crippen molar-refractivity contribution in [1.29, 1.82) is 0 Å². The lowest BCUT2D eigenvalue weighted by Crippen LogP contribution is -2.44. The fourth-order valence-corrected chi connectivity index (χ4v) is 6.89. The third-order valence-corrected chi connectivity index (χ3v) is 9.57. The number of likely N-dealkylation sites (N-methyl/N-ethyl adjacent to an activating group) is 1. The number of hydrogen-bond acceptors (Lipinski definition) is 8. The fourth-order valence-electron chi connectivity index (χ4n) is 6.89. The molecule has 7 rings (SSSR count). The lowest BCUT2D eigenvalue weighted by Gasteiger charge is -2.34. The van der Waals surface area contributed by atoms with Crippen LogP contribution in [-0.4, -0.2) is 73.1 Å². The number of amidine groups is 1. The minimum atomic E-state index is -0.645. The maximum absolute atomic E-state index is 14.2. The van der Waals surface area contributed by atoms with E-state index in [4.69, 9.17) is 15.5 Å². The van der Waals surface area contributed by atoms with Gasteiger partial charge in [-0.05, 0) is 109 Å². The van der Waals surface area contributed by atoms with Crippen LogP contribution in [0.3, 0.4) is 0 Å². The van der Waals surface area contributed by atoms with E-state index in [1.54, 1.807) is 12.4 Å². The molecule has 4 aromatic rings. The number of anilines is 2. The molecule has 11 heteroatoms. The highest BCUT2D eigenvalue weighted by Gasteiger charge is 2.25. The molecule has 9 nitrogen and oxygen atoms in total. The monoisotopic (exact) mass is 651 g/mol. The summed E-state index contributed by atoms with van der Waals surface area (Å²) in [4.78, 5) is 31.8. The van der Waals surface area contributed by atoms with Crippen LogP contribution in [0.15, 0.2) is 65.9 Å². The van der Waals surface area contributed by atoms with Crippen molar-refractivity contribution in [3.05, 3.63) is 106 Å². The van der Waals surface area contributed by atoms with E-state index in [1.165, 1.54) is 12.1 Å². The molecule has 248 valence electrons. The molecule has 3 N–H and O–H groups in total. The molecule has 0 spiro atoms. The Kier molecular flexibility index (Phi) is 9.14. The van der Waals surface area contributed by atoms with Gasteiger partial charge in [-0.1, -0.05) is 0 Å². The largest absolute Gasteiger partial charge is 0.381 e. The van der Waals surface area contributed by atoms with Crippen molar-refractivity contribution in [2.24, 2.45) is 10.9 Å². The first-order valence-electron chi connectivity index (χ1n) is 16.5. The molecule has 1 aromatic heterocycles. The van der Waals surface area contributed by atoms with Gasteiger partial charge in [0, 0.05) is 80.2 Å². The summed E-state index contributed by atoms with van der Waals surface area (Å²) >= 11 is 0. The highest BCUT2D eigenvalue weighted by Crippen LogP contribution is 2.32. The van der Waals surface area contributed by atoms with E-state index < -0.39 is 11.6 Å². The summed E-state index contributed by atoms with van der Waals surface area (Å²) in [5.74, 6) is -0.430. The fraction of sp³-hybridized carbons (Fsp3) is 0.351. The summed E-state index contributed by atoms with van der Waals surface area (Å²) in [6.07, 6.45) is 6.25. The number of ether oxygens (including phenoxy) is 1. The number of nitrogens with one attached hydrogen (secondary N) is 1. The number of fused-ring (bicyclic) bond motifs is 1. The van der Waals surface area contributed by atoms with Crippen molar-refractivity contribution in [3.8, 4) is 11.1 Å². The topological polar surface area (TPSA) is 109 Å². The Balaban J connectivity index is 1.19. The normalized spacial score (nSPS) is 16.9. The van der Waals surface area contributed by atoms with E-state index in [1.807, 2.05) is 18.2 Å². The van der Waals surface area contributed by atoms with Crippen molar-refractivity contribution in [2.75, 3.05) is 57.1 Å². The smallest absolute Gasteiger partial charge is 0.257 e. The summed E-state index contributed by atoms with van der Waals surface area (Å²) < 4.78 is 33.9. The van der Waals surface area contributed by atoms with Gasteiger partial charge in [-0.25, -0.2) is 18.7 Å². The van der Waals surface area contributed by atoms with Gasteiger partial charge < -0.3 is 25.6 Å².